The summed E-state index contributed by atoms with van der Waals surface area (Å²) >= 11 is 0. The fourth-order valence-corrected chi connectivity index (χ4v) is 4.70. The number of halogens is 2. The van der Waals surface area contributed by atoms with Crippen molar-refractivity contribution < 1.29 is 23.1 Å². The SMILES string of the molecule is C=CC(=O)N1C[C@@H](n2nc(C#Cc3cc4nc(C)n(C)c4c(F)c3F)c(C(N)=O)c2NC)C[C@@H]1COC. The van der Waals surface area contributed by atoms with Crippen molar-refractivity contribution in [1.29, 1.82) is 0 Å². The number of anilines is 1. The summed E-state index contributed by atoms with van der Waals surface area (Å²) in [6.07, 6.45) is 1.72. The van der Waals surface area contributed by atoms with Crippen LogP contribution in [0.25, 0.3) is 11.0 Å². The number of nitrogens with two attached hydrogens (primary N) is 1. The number of rotatable bonds is 6. The zero-order valence-corrected chi connectivity index (χ0v) is 20.9. The summed E-state index contributed by atoms with van der Waals surface area (Å²) in [5.41, 5.74) is 5.69. The first-order valence-electron chi connectivity index (χ1n) is 11.5. The maximum atomic E-state index is 14.8. The van der Waals surface area contributed by atoms with Crippen LogP contribution >= 0.6 is 0 Å². The molecule has 1 aliphatic heterocycles. The maximum Gasteiger partial charge on any atom is 0.255 e. The van der Waals surface area contributed by atoms with Gasteiger partial charge in [-0.1, -0.05) is 12.5 Å². The van der Waals surface area contributed by atoms with Crippen LogP contribution in [0, 0.1) is 30.4 Å². The minimum atomic E-state index is -1.13. The topological polar surface area (TPSA) is 120 Å². The number of hydrogen-bond donors (Lipinski definition) is 2. The molecule has 0 bridgehead atoms. The number of nitrogens with one attached hydrogen (secondary N) is 1. The van der Waals surface area contributed by atoms with Gasteiger partial charge in [-0.3, -0.25) is 9.59 Å². The van der Waals surface area contributed by atoms with E-state index in [1.165, 1.54) is 16.7 Å². The van der Waals surface area contributed by atoms with E-state index in [-0.39, 0.29) is 52.4 Å². The molecule has 0 saturated carbocycles. The van der Waals surface area contributed by atoms with Crippen molar-refractivity contribution >= 4 is 28.7 Å². The number of imidazole rings is 1. The van der Waals surface area contributed by atoms with Crippen LogP contribution in [-0.4, -0.2) is 69.4 Å². The van der Waals surface area contributed by atoms with Gasteiger partial charge in [-0.2, -0.15) is 5.10 Å². The number of carbonyl (C=O) groups is 2. The van der Waals surface area contributed by atoms with Crippen LogP contribution in [0.5, 0.6) is 0 Å². The van der Waals surface area contributed by atoms with Crippen LogP contribution in [0.15, 0.2) is 18.7 Å². The Kier molecular flexibility index (Phi) is 7.00. The Bertz CT molecular complexity index is 1480. The van der Waals surface area contributed by atoms with E-state index in [9.17, 15) is 18.4 Å². The average molecular weight is 512 g/mol. The first kappa shape index (κ1) is 25.8. The highest BCUT2D eigenvalue weighted by Crippen LogP contribution is 2.32. The Morgan fingerprint density at radius 3 is 2.70 bits per heavy atom. The number of hydrogen-bond acceptors (Lipinski definition) is 6. The monoisotopic (exact) mass is 511 g/mol. The van der Waals surface area contributed by atoms with Crippen LogP contribution in [-0.2, 0) is 16.6 Å². The molecule has 3 N–H and O–H groups in total. The normalized spacial score (nSPS) is 17.1. The van der Waals surface area contributed by atoms with Gasteiger partial charge in [0.25, 0.3) is 5.91 Å². The van der Waals surface area contributed by atoms with Crippen LogP contribution in [0.2, 0.25) is 0 Å². The molecule has 1 saturated heterocycles. The zero-order valence-electron chi connectivity index (χ0n) is 20.9. The number of carbonyl (C=O) groups excluding carboxylic acids is 2. The van der Waals surface area contributed by atoms with Crippen molar-refractivity contribution in [2.45, 2.75) is 25.4 Å². The Balaban J connectivity index is 1.79. The third-order valence-corrected chi connectivity index (χ3v) is 6.53. The molecule has 0 radical (unpaired) electrons. The summed E-state index contributed by atoms with van der Waals surface area (Å²) in [7, 11) is 4.73. The number of primary amides is 1. The molecule has 3 aromatic rings. The highest BCUT2D eigenvalue weighted by molar-refractivity contribution is 6.00. The summed E-state index contributed by atoms with van der Waals surface area (Å²) in [6, 6.07) is 0.785. The molecule has 1 fully saturated rings. The molecule has 0 unspecified atom stereocenters. The summed E-state index contributed by atoms with van der Waals surface area (Å²) < 4.78 is 37.9. The van der Waals surface area contributed by atoms with Gasteiger partial charge in [-0.25, -0.2) is 18.4 Å². The van der Waals surface area contributed by atoms with Crippen LogP contribution < -0.4 is 11.1 Å². The smallest absolute Gasteiger partial charge is 0.255 e. The zero-order chi connectivity index (χ0) is 27.0. The van der Waals surface area contributed by atoms with E-state index < -0.39 is 17.5 Å². The van der Waals surface area contributed by atoms with E-state index in [4.69, 9.17) is 10.5 Å². The summed E-state index contributed by atoms with van der Waals surface area (Å²) in [6.45, 7) is 5.83. The Morgan fingerprint density at radius 1 is 1.35 bits per heavy atom. The number of ether oxygens (including phenoxy) is 1. The van der Waals surface area contributed by atoms with Gasteiger partial charge in [0.15, 0.2) is 17.3 Å². The fraction of sp³-hybridized carbons (Fsp3) is 0.360. The fourth-order valence-electron chi connectivity index (χ4n) is 4.70. The molecule has 194 valence electrons. The molecule has 4 rings (SSSR count). The number of aromatic nitrogens is 4. The first-order valence-corrected chi connectivity index (χ1v) is 11.5. The number of fused-ring (bicyclic) bond motifs is 1. The Hall–Kier alpha value is -4.24. The lowest BCUT2D eigenvalue weighted by Crippen LogP contribution is -2.37. The predicted octanol–water partition coefficient (Wildman–Crippen LogP) is 1.87. The molecular weight excluding hydrogens is 484 g/mol. The minimum absolute atomic E-state index is 0.00225. The van der Waals surface area contributed by atoms with E-state index in [0.29, 0.717) is 24.7 Å². The molecule has 37 heavy (non-hydrogen) atoms. The highest BCUT2D eigenvalue weighted by Gasteiger charge is 2.37. The van der Waals surface area contributed by atoms with E-state index >= 15 is 0 Å². The van der Waals surface area contributed by atoms with Gasteiger partial charge in [0.2, 0.25) is 5.91 Å². The second-order valence-corrected chi connectivity index (χ2v) is 8.71. The second kappa shape index (κ2) is 10.0. The summed E-state index contributed by atoms with van der Waals surface area (Å²) in [5, 5.41) is 7.42. The molecule has 12 heteroatoms. The van der Waals surface area contributed by atoms with Gasteiger partial charge in [0.1, 0.15) is 22.7 Å². The van der Waals surface area contributed by atoms with Crippen LogP contribution in [0.3, 0.4) is 0 Å². The van der Waals surface area contributed by atoms with Gasteiger partial charge in [-0.05, 0) is 31.4 Å². The standard InChI is InChI=1S/C25H27F2N7O3/c1-6-19(35)33-11-15(10-16(33)12-37-5)34-25(29-3)20(24(28)36)17(31-34)8-7-14-9-18-23(22(27)21(14)26)32(4)13(2)30-18/h6,9,15-16,29H,1,10-12H2,2-5H3,(H2,28,36)/t15-,16+/m0/s1. The third-order valence-electron chi connectivity index (χ3n) is 6.53. The third kappa shape index (κ3) is 4.42. The number of likely N-dealkylation sites (tertiary alicyclic amines) is 1. The quantitative estimate of drug-likeness (QED) is 0.385. The number of amides is 2. The summed E-state index contributed by atoms with van der Waals surface area (Å²) in [5.74, 6) is 2.83. The van der Waals surface area contributed by atoms with Gasteiger partial charge in [0.05, 0.1) is 29.8 Å². The van der Waals surface area contributed by atoms with E-state index in [1.807, 2.05) is 0 Å². The minimum Gasteiger partial charge on any atom is -0.383 e. The van der Waals surface area contributed by atoms with Gasteiger partial charge < -0.3 is 25.3 Å². The highest BCUT2D eigenvalue weighted by atomic mass is 19.2. The molecule has 1 aliphatic rings. The van der Waals surface area contributed by atoms with Crippen LogP contribution in [0.4, 0.5) is 14.6 Å². The molecule has 3 heterocycles. The van der Waals surface area contributed by atoms with Crippen molar-refractivity contribution in [3.63, 3.8) is 0 Å². The Labute approximate surface area is 212 Å². The molecule has 0 aliphatic carbocycles. The van der Waals surface area contributed by atoms with E-state index in [2.05, 4.69) is 33.8 Å². The van der Waals surface area contributed by atoms with E-state index in [0.717, 1.165) is 0 Å². The van der Waals surface area contributed by atoms with Gasteiger partial charge in [0, 0.05) is 27.7 Å². The lowest BCUT2D eigenvalue weighted by atomic mass is 10.1. The molecule has 0 spiro atoms. The second-order valence-electron chi connectivity index (χ2n) is 8.71. The average Bonchev–Trinajstić information content (AvgIpc) is 3.53. The van der Waals surface area contributed by atoms with Crippen molar-refractivity contribution in [1.82, 2.24) is 24.2 Å². The summed E-state index contributed by atoms with van der Waals surface area (Å²) in [4.78, 5) is 30.6. The number of nitrogens with zero attached hydrogens (tertiary/aromatic N) is 5. The largest absolute Gasteiger partial charge is 0.383 e. The molecule has 2 atom stereocenters. The van der Waals surface area contributed by atoms with Crippen molar-refractivity contribution in [3.05, 3.63) is 53.0 Å². The number of methoxy groups -OCH3 is 1. The maximum absolute atomic E-state index is 14.8. The van der Waals surface area contributed by atoms with Crippen molar-refractivity contribution in [2.75, 3.05) is 32.6 Å². The Morgan fingerprint density at radius 2 is 2.08 bits per heavy atom. The molecule has 1 aromatic carbocycles. The van der Waals surface area contributed by atoms with Crippen molar-refractivity contribution in [3.8, 4) is 11.8 Å². The van der Waals surface area contributed by atoms with Gasteiger partial charge in [-0.15, -0.1) is 0 Å². The molecule has 2 aromatic heterocycles. The molecule has 2 amide bonds. The molecular formula is C25H27F2N7O3. The lowest BCUT2D eigenvalue weighted by molar-refractivity contribution is -0.127. The first-order chi connectivity index (χ1) is 17.6. The number of aryl methyl sites for hydroxylation is 2. The van der Waals surface area contributed by atoms with Gasteiger partial charge >= 0.3 is 0 Å². The predicted molar refractivity (Wildman–Crippen MR) is 133 cm³/mol. The van der Waals surface area contributed by atoms with Crippen LogP contribution in [0.1, 0.15) is 39.9 Å². The van der Waals surface area contributed by atoms with Crippen molar-refractivity contribution in [2.24, 2.45) is 12.8 Å². The number of benzene rings is 1. The molecule has 10 nitrogen and oxygen atoms in total. The lowest BCUT2D eigenvalue weighted by Gasteiger charge is -2.22. The van der Waals surface area contributed by atoms with E-state index in [1.54, 1.807) is 37.7 Å².